The van der Waals surface area contributed by atoms with Gasteiger partial charge in [-0.1, -0.05) is 121 Å². The van der Waals surface area contributed by atoms with Gasteiger partial charge in [0.05, 0.1) is 0 Å². The lowest BCUT2D eigenvalue weighted by atomic mass is 9.94. The first-order valence-corrected chi connectivity index (χ1v) is 16.3. The topological polar surface area (TPSA) is 63.2 Å². The minimum atomic E-state index is 1.02. The van der Waals surface area contributed by atoms with Crippen molar-refractivity contribution in [2.45, 2.75) is 0 Å². The van der Waals surface area contributed by atoms with Gasteiger partial charge < -0.3 is 19.9 Å². The van der Waals surface area contributed by atoms with Crippen LogP contribution < -0.4 is 21.4 Å². The monoisotopic (exact) mass is 616 g/mol. The highest BCUT2D eigenvalue weighted by Crippen LogP contribution is 2.40. The van der Waals surface area contributed by atoms with Gasteiger partial charge in [0, 0.05) is 66.4 Å². The summed E-state index contributed by atoms with van der Waals surface area (Å²) >= 11 is 0. The Balaban J connectivity index is 1.38. The molecule has 4 aromatic heterocycles. The molecule has 0 amide bonds. The van der Waals surface area contributed by atoms with E-state index in [2.05, 4.69) is 190 Å². The first kappa shape index (κ1) is 27.8. The maximum atomic E-state index is 3.81. The van der Waals surface area contributed by atoms with E-state index in [0.717, 1.165) is 66.4 Å². The van der Waals surface area contributed by atoms with Gasteiger partial charge in [-0.25, -0.2) is 0 Å². The molecule has 228 valence electrons. The predicted molar refractivity (Wildman–Crippen MR) is 198 cm³/mol. The quantitative estimate of drug-likeness (QED) is 0.161. The van der Waals surface area contributed by atoms with E-state index >= 15 is 0 Å². The molecule has 1 aliphatic rings. The van der Waals surface area contributed by atoms with Gasteiger partial charge in [0.25, 0.3) is 0 Å². The molecule has 0 atom stereocenters. The summed E-state index contributed by atoms with van der Waals surface area (Å²) in [6, 6.07) is 51.2. The van der Waals surface area contributed by atoms with Crippen LogP contribution in [0.15, 0.2) is 146 Å². The first-order valence-electron chi connectivity index (χ1n) is 16.3. The molecule has 1 aliphatic heterocycles. The lowest BCUT2D eigenvalue weighted by Crippen LogP contribution is -2.10. The van der Waals surface area contributed by atoms with Crippen LogP contribution in [0, 0.1) is 0 Å². The molecule has 5 heterocycles. The van der Waals surface area contributed by atoms with E-state index in [1.54, 1.807) is 0 Å². The molecule has 0 aliphatic carbocycles. The van der Waals surface area contributed by atoms with Crippen molar-refractivity contribution in [1.82, 2.24) is 19.9 Å². The second-order valence-corrected chi connectivity index (χ2v) is 12.2. The van der Waals surface area contributed by atoms with Gasteiger partial charge >= 0.3 is 0 Å². The van der Waals surface area contributed by atoms with Gasteiger partial charge in [0.15, 0.2) is 0 Å². The average Bonchev–Trinajstić information content (AvgIpc) is 3.93. The lowest BCUT2D eigenvalue weighted by molar-refractivity contribution is 1.23. The zero-order valence-corrected chi connectivity index (χ0v) is 26.2. The molecule has 0 saturated carbocycles. The molecule has 0 unspecified atom stereocenters. The third kappa shape index (κ3) is 5.06. The highest BCUT2D eigenvalue weighted by Gasteiger charge is 2.20. The highest BCUT2D eigenvalue weighted by atomic mass is 14.8. The van der Waals surface area contributed by atoms with E-state index in [9.17, 15) is 0 Å². The van der Waals surface area contributed by atoms with Crippen LogP contribution in [-0.2, 0) is 0 Å². The van der Waals surface area contributed by atoms with Crippen LogP contribution >= 0.6 is 0 Å². The van der Waals surface area contributed by atoms with E-state index in [4.69, 9.17) is 0 Å². The molecule has 0 fully saturated rings. The van der Waals surface area contributed by atoms with Crippen molar-refractivity contribution in [2.75, 3.05) is 0 Å². The summed E-state index contributed by atoms with van der Waals surface area (Å²) in [5.41, 5.74) is 13.5. The Bertz CT molecular complexity index is 2270. The number of aromatic nitrogens is 4. The molecule has 8 aromatic rings. The Morgan fingerprint density at radius 2 is 0.458 bits per heavy atom. The standard InChI is InChI=1S/C44H32N4/c1-5-13-29(14-6-1)41-37-25-33-21-22-35(45-33)27-39-43(31-17-9-3-10-18-31)44(32-19-11-4-12-20-32)40(48-39)28-36-24-23-34(46-36)26-38(47-37)42(41)30-15-7-2-8-16-30/h1-28,45-48H. The van der Waals surface area contributed by atoms with E-state index in [1.807, 2.05) is 0 Å². The van der Waals surface area contributed by atoms with Gasteiger partial charge in [-0.3, -0.25) is 0 Å². The van der Waals surface area contributed by atoms with Crippen molar-refractivity contribution in [3.05, 3.63) is 190 Å². The Hall–Kier alpha value is -6.52. The summed E-state index contributed by atoms with van der Waals surface area (Å²) in [5, 5.41) is 4.07. The number of benzene rings is 4. The third-order valence-electron chi connectivity index (χ3n) is 9.03. The van der Waals surface area contributed by atoms with Gasteiger partial charge in [0.2, 0.25) is 0 Å². The highest BCUT2D eigenvalue weighted by molar-refractivity contribution is 5.95. The fraction of sp³-hybridized carbons (Fsp3) is 0. The van der Waals surface area contributed by atoms with Crippen LogP contribution in [0.3, 0.4) is 0 Å². The van der Waals surface area contributed by atoms with Crippen molar-refractivity contribution in [2.24, 2.45) is 0 Å². The molecule has 4 nitrogen and oxygen atoms in total. The molecule has 4 N–H and O–H groups in total. The molecule has 9 rings (SSSR count). The summed E-state index contributed by atoms with van der Waals surface area (Å²) < 4.78 is 0. The molecule has 0 saturated heterocycles. The summed E-state index contributed by atoms with van der Waals surface area (Å²) in [7, 11) is 0. The minimum Gasteiger partial charge on any atom is -0.355 e. The molecule has 0 radical (unpaired) electrons. The smallest absolute Gasteiger partial charge is 0.0492 e. The average molecular weight is 617 g/mol. The summed E-state index contributed by atoms with van der Waals surface area (Å²) in [5.74, 6) is 0. The number of rotatable bonds is 4. The van der Waals surface area contributed by atoms with Crippen LogP contribution in [0.1, 0.15) is 22.8 Å². The van der Waals surface area contributed by atoms with Gasteiger partial charge in [-0.2, -0.15) is 0 Å². The normalized spacial score (nSPS) is 12.0. The minimum absolute atomic E-state index is 1.02. The second kappa shape index (κ2) is 11.7. The summed E-state index contributed by atoms with van der Waals surface area (Å²) in [6.07, 6.45) is 8.88. The summed E-state index contributed by atoms with van der Waals surface area (Å²) in [4.78, 5) is 15.0. The second-order valence-electron chi connectivity index (χ2n) is 12.2. The number of nitrogens with one attached hydrogen (secondary N) is 4. The van der Waals surface area contributed by atoms with E-state index in [-0.39, 0.29) is 0 Å². The zero-order valence-electron chi connectivity index (χ0n) is 26.2. The van der Waals surface area contributed by atoms with E-state index in [1.165, 1.54) is 22.3 Å². The number of fused-ring (bicyclic) bond motifs is 8. The molecular formula is C44H32N4. The molecular weight excluding hydrogens is 585 g/mol. The molecule has 8 bridgehead atoms. The largest absolute Gasteiger partial charge is 0.355 e. The fourth-order valence-electron chi connectivity index (χ4n) is 6.95. The Morgan fingerprint density at radius 1 is 0.229 bits per heavy atom. The number of aromatic amines is 4. The fourth-order valence-corrected chi connectivity index (χ4v) is 6.95. The van der Waals surface area contributed by atoms with Crippen LogP contribution in [0.4, 0.5) is 0 Å². The van der Waals surface area contributed by atoms with Gasteiger partial charge in [-0.15, -0.1) is 0 Å². The third-order valence-corrected chi connectivity index (χ3v) is 9.03. The van der Waals surface area contributed by atoms with Crippen molar-refractivity contribution < 1.29 is 0 Å². The van der Waals surface area contributed by atoms with Crippen molar-refractivity contribution in [3.8, 4) is 44.5 Å². The van der Waals surface area contributed by atoms with Gasteiger partial charge in [-0.05, 0) is 70.8 Å². The molecule has 4 heteroatoms. The van der Waals surface area contributed by atoms with Crippen LogP contribution in [0.5, 0.6) is 0 Å². The van der Waals surface area contributed by atoms with Crippen molar-refractivity contribution in [3.63, 3.8) is 0 Å². The zero-order chi connectivity index (χ0) is 31.9. The van der Waals surface area contributed by atoms with Crippen molar-refractivity contribution >= 4 is 24.3 Å². The predicted octanol–water partition coefficient (Wildman–Crippen LogP) is 7.30. The number of hydrogen-bond acceptors (Lipinski definition) is 0. The van der Waals surface area contributed by atoms with Crippen LogP contribution in [0.2, 0.25) is 0 Å². The maximum absolute atomic E-state index is 3.81. The number of H-pyrrole nitrogens is 4. The maximum Gasteiger partial charge on any atom is 0.0492 e. The molecule has 0 spiro atoms. The Morgan fingerprint density at radius 3 is 0.688 bits per heavy atom. The summed E-state index contributed by atoms with van der Waals surface area (Å²) in [6.45, 7) is 0. The van der Waals surface area contributed by atoms with E-state index in [0.29, 0.717) is 0 Å². The SMILES string of the molecule is C1=c2ccc([nH]2)=Cc2[nH]c(c(-c3ccccc3)c2-c2ccccc2)C=c2ccc([nH]2)=Cc2[nH]c1c(-c1ccccc1)c2-c1ccccc1. The van der Waals surface area contributed by atoms with Crippen LogP contribution in [0.25, 0.3) is 68.8 Å². The lowest BCUT2D eigenvalue weighted by Gasteiger charge is -2.08. The van der Waals surface area contributed by atoms with E-state index < -0.39 is 0 Å². The first-order chi connectivity index (χ1) is 23.8. The Kier molecular flexibility index (Phi) is 6.76. The van der Waals surface area contributed by atoms with Crippen LogP contribution in [-0.4, -0.2) is 19.9 Å². The molecule has 4 aromatic carbocycles. The van der Waals surface area contributed by atoms with Crippen molar-refractivity contribution in [1.29, 1.82) is 0 Å². The number of hydrogen-bond donors (Lipinski definition) is 4. The Labute approximate surface area is 277 Å². The van der Waals surface area contributed by atoms with Gasteiger partial charge in [0.1, 0.15) is 0 Å². The molecule has 48 heavy (non-hydrogen) atoms.